The average molecular weight is 302 g/mol. The maximum Gasteiger partial charge on any atom is 0.231 e. The lowest BCUT2D eigenvalue weighted by molar-refractivity contribution is 0.103. The molecule has 0 N–H and O–H groups in total. The molecule has 5 nitrogen and oxygen atoms in total. The number of hydrogen-bond donors (Lipinski definition) is 0. The van der Waals surface area contributed by atoms with Gasteiger partial charge in [-0.05, 0) is 42.0 Å². The number of carbonyl (C=O) groups excluding carboxylic acids is 1. The van der Waals surface area contributed by atoms with Crippen LogP contribution in [0, 0.1) is 22.7 Å². The van der Waals surface area contributed by atoms with Gasteiger partial charge in [-0.15, -0.1) is 0 Å². The molecule has 2 aromatic rings. The van der Waals surface area contributed by atoms with Gasteiger partial charge in [0.05, 0.1) is 11.6 Å². The number of nitriles is 2. The molecule has 3 rings (SSSR count). The predicted octanol–water partition coefficient (Wildman–Crippen LogP) is 3.08. The molecule has 1 heterocycles. The zero-order chi connectivity index (χ0) is 16.2. The summed E-state index contributed by atoms with van der Waals surface area (Å²) in [5, 5.41) is 18.0. The van der Waals surface area contributed by atoms with Crippen LogP contribution in [-0.4, -0.2) is 12.6 Å². The second kappa shape index (κ2) is 6.05. The molecule has 0 fully saturated rings. The molecule has 1 aliphatic rings. The van der Waals surface area contributed by atoms with Crippen LogP contribution in [0.1, 0.15) is 21.5 Å². The fraction of sp³-hybridized carbons (Fsp3) is 0.0556. The highest BCUT2D eigenvalue weighted by Gasteiger charge is 2.18. The number of fused-ring (bicyclic) bond motifs is 1. The van der Waals surface area contributed by atoms with E-state index in [9.17, 15) is 10.1 Å². The molecule has 2 aromatic carbocycles. The van der Waals surface area contributed by atoms with E-state index < -0.39 is 5.78 Å². The van der Waals surface area contributed by atoms with E-state index in [0.29, 0.717) is 28.2 Å². The van der Waals surface area contributed by atoms with Crippen LogP contribution in [0.5, 0.6) is 11.5 Å². The summed E-state index contributed by atoms with van der Waals surface area (Å²) >= 11 is 0. The minimum absolute atomic E-state index is 0.00794. The Hall–Kier alpha value is -3.57. The summed E-state index contributed by atoms with van der Waals surface area (Å²) in [6.07, 6.45) is 1.49. The summed E-state index contributed by atoms with van der Waals surface area (Å²) in [7, 11) is 0. The monoisotopic (exact) mass is 302 g/mol. The van der Waals surface area contributed by atoms with Crippen LogP contribution < -0.4 is 9.47 Å². The lowest BCUT2D eigenvalue weighted by Gasteiger charge is -2.02. The predicted molar refractivity (Wildman–Crippen MR) is 81.6 cm³/mol. The van der Waals surface area contributed by atoms with E-state index in [2.05, 4.69) is 0 Å². The van der Waals surface area contributed by atoms with Gasteiger partial charge in [0.25, 0.3) is 0 Å². The Morgan fingerprint density at radius 1 is 1.04 bits per heavy atom. The first-order chi connectivity index (χ1) is 11.2. The standard InChI is InChI=1S/C18H10N2O3/c19-9-13-3-1-12(2-4-13)7-15(10-20)18(21)14-5-6-16-17(8-14)23-11-22-16/h1-8H,11H2/b15-7+. The topological polar surface area (TPSA) is 83.1 Å². The van der Waals surface area contributed by atoms with Crippen molar-refractivity contribution in [1.29, 1.82) is 10.5 Å². The van der Waals surface area contributed by atoms with Crippen molar-refractivity contribution < 1.29 is 14.3 Å². The Labute approximate surface area is 132 Å². The highest BCUT2D eigenvalue weighted by Crippen LogP contribution is 2.33. The molecule has 110 valence electrons. The molecule has 0 unspecified atom stereocenters. The third kappa shape index (κ3) is 2.90. The van der Waals surface area contributed by atoms with Gasteiger partial charge >= 0.3 is 0 Å². The first-order valence-electron chi connectivity index (χ1n) is 6.77. The fourth-order valence-corrected chi connectivity index (χ4v) is 2.16. The third-order valence-corrected chi connectivity index (χ3v) is 3.35. The first kappa shape index (κ1) is 14.4. The zero-order valence-electron chi connectivity index (χ0n) is 11.9. The van der Waals surface area contributed by atoms with Gasteiger partial charge in [-0.25, -0.2) is 0 Å². The number of ether oxygens (including phenoxy) is 2. The summed E-state index contributed by atoms with van der Waals surface area (Å²) < 4.78 is 10.4. The number of nitrogens with zero attached hydrogens (tertiary/aromatic N) is 2. The van der Waals surface area contributed by atoms with Crippen molar-refractivity contribution in [3.63, 3.8) is 0 Å². The maximum absolute atomic E-state index is 12.5. The van der Waals surface area contributed by atoms with E-state index in [1.54, 1.807) is 42.5 Å². The molecule has 0 spiro atoms. The van der Waals surface area contributed by atoms with Crippen LogP contribution >= 0.6 is 0 Å². The number of rotatable bonds is 3. The largest absolute Gasteiger partial charge is 0.454 e. The van der Waals surface area contributed by atoms with Crippen LogP contribution in [0.25, 0.3) is 6.08 Å². The number of ketones is 1. The summed E-state index contributed by atoms with van der Waals surface area (Å²) in [5.41, 5.74) is 1.56. The molecule has 0 atom stereocenters. The third-order valence-electron chi connectivity index (χ3n) is 3.35. The Kier molecular flexibility index (Phi) is 3.78. The molecular formula is C18H10N2O3. The van der Waals surface area contributed by atoms with Gasteiger partial charge in [-0.3, -0.25) is 4.79 Å². The lowest BCUT2D eigenvalue weighted by Crippen LogP contribution is -2.02. The Morgan fingerprint density at radius 3 is 2.48 bits per heavy atom. The van der Waals surface area contributed by atoms with Gasteiger partial charge in [0.2, 0.25) is 12.6 Å². The summed E-state index contributed by atoms with van der Waals surface area (Å²) in [4.78, 5) is 12.5. The van der Waals surface area contributed by atoms with Crippen molar-refractivity contribution >= 4 is 11.9 Å². The first-order valence-corrected chi connectivity index (χ1v) is 6.77. The highest BCUT2D eigenvalue weighted by atomic mass is 16.7. The highest BCUT2D eigenvalue weighted by molar-refractivity contribution is 6.14. The minimum Gasteiger partial charge on any atom is -0.454 e. The van der Waals surface area contributed by atoms with E-state index in [1.165, 1.54) is 6.08 Å². The molecule has 1 aliphatic heterocycles. The second-order valence-corrected chi connectivity index (χ2v) is 4.80. The van der Waals surface area contributed by atoms with Gasteiger partial charge in [0, 0.05) is 5.56 Å². The van der Waals surface area contributed by atoms with E-state index in [4.69, 9.17) is 14.7 Å². The quantitative estimate of drug-likeness (QED) is 0.494. The molecule has 0 bridgehead atoms. The van der Waals surface area contributed by atoms with Crippen LogP contribution in [0.4, 0.5) is 0 Å². The summed E-state index contributed by atoms with van der Waals surface area (Å²) in [6, 6.07) is 15.4. The molecule has 0 saturated heterocycles. The van der Waals surface area contributed by atoms with E-state index in [1.807, 2.05) is 12.1 Å². The van der Waals surface area contributed by atoms with E-state index in [0.717, 1.165) is 0 Å². The molecule has 23 heavy (non-hydrogen) atoms. The molecule has 0 saturated carbocycles. The van der Waals surface area contributed by atoms with E-state index in [-0.39, 0.29) is 12.4 Å². The van der Waals surface area contributed by atoms with Gasteiger partial charge in [-0.1, -0.05) is 12.1 Å². The normalized spacial score (nSPS) is 12.3. The number of carbonyl (C=O) groups is 1. The van der Waals surface area contributed by atoms with Gasteiger partial charge < -0.3 is 9.47 Å². The minimum atomic E-state index is -0.393. The summed E-state index contributed by atoms with van der Waals surface area (Å²) in [6.45, 7) is 0.124. The summed E-state index contributed by atoms with van der Waals surface area (Å²) in [5.74, 6) is 0.679. The van der Waals surface area contributed by atoms with Crippen molar-refractivity contribution in [1.82, 2.24) is 0 Å². The number of allylic oxidation sites excluding steroid dienone is 1. The zero-order valence-corrected chi connectivity index (χ0v) is 11.9. The SMILES string of the molecule is N#C/C(=C\c1ccc(C#N)cc1)C(=O)c1ccc2c(c1)OCO2. The smallest absolute Gasteiger partial charge is 0.231 e. The molecular weight excluding hydrogens is 292 g/mol. The van der Waals surface area contributed by atoms with Crippen LogP contribution in [-0.2, 0) is 0 Å². The average Bonchev–Trinajstić information content (AvgIpc) is 3.07. The number of hydrogen-bond acceptors (Lipinski definition) is 5. The van der Waals surface area contributed by atoms with Gasteiger partial charge in [-0.2, -0.15) is 10.5 Å². The van der Waals surface area contributed by atoms with Crippen LogP contribution in [0.2, 0.25) is 0 Å². The lowest BCUT2D eigenvalue weighted by atomic mass is 10.0. The molecule has 0 aliphatic carbocycles. The van der Waals surface area contributed by atoms with Crippen molar-refractivity contribution in [3.8, 4) is 23.6 Å². The Balaban J connectivity index is 1.91. The van der Waals surface area contributed by atoms with Crippen molar-refractivity contribution in [2.45, 2.75) is 0 Å². The molecule has 0 amide bonds. The Morgan fingerprint density at radius 2 is 1.78 bits per heavy atom. The number of benzene rings is 2. The van der Waals surface area contributed by atoms with Crippen molar-refractivity contribution in [2.75, 3.05) is 6.79 Å². The van der Waals surface area contributed by atoms with Crippen LogP contribution in [0.15, 0.2) is 48.0 Å². The van der Waals surface area contributed by atoms with Gasteiger partial charge in [0.1, 0.15) is 11.6 Å². The van der Waals surface area contributed by atoms with Gasteiger partial charge in [0.15, 0.2) is 11.5 Å². The van der Waals surface area contributed by atoms with E-state index >= 15 is 0 Å². The molecule has 5 heteroatoms. The second-order valence-electron chi connectivity index (χ2n) is 4.80. The molecule has 0 radical (unpaired) electrons. The van der Waals surface area contributed by atoms with Crippen LogP contribution in [0.3, 0.4) is 0 Å². The number of Topliss-reactive ketones (excluding diaryl/α,β-unsaturated/α-hetero) is 1. The molecule has 0 aromatic heterocycles. The Bertz CT molecular complexity index is 884. The van der Waals surface area contributed by atoms with Crippen molar-refractivity contribution in [3.05, 3.63) is 64.7 Å². The fourth-order valence-electron chi connectivity index (χ4n) is 2.16. The van der Waals surface area contributed by atoms with Crippen molar-refractivity contribution in [2.24, 2.45) is 0 Å². The maximum atomic E-state index is 12.5.